The number of hydrogen-bond acceptors (Lipinski definition) is 9. The number of aliphatic carboxylic acids is 1. The average Bonchev–Trinajstić information content (AvgIpc) is 3.39. The summed E-state index contributed by atoms with van der Waals surface area (Å²) in [5, 5.41) is 22.0. The van der Waals surface area contributed by atoms with Crippen LogP contribution in [0.2, 0.25) is 0 Å². The average molecular weight is 484 g/mol. The Balaban J connectivity index is 1.27. The summed E-state index contributed by atoms with van der Waals surface area (Å²) in [6.45, 7) is 2.41. The van der Waals surface area contributed by atoms with Gasteiger partial charge in [-0.05, 0) is 57.6 Å². The molecular weight excluding hydrogens is 454 g/mol. The molecule has 0 amide bonds. The SMILES string of the molecule is Cc1nc(-c2nnn(C)c2CNc2nc(C3CCC3)ns2)ccc1O[C@H]1CCC[C@H](C(=O)O)C1. The molecule has 180 valence electrons. The van der Waals surface area contributed by atoms with Crippen molar-refractivity contribution in [1.29, 1.82) is 0 Å². The maximum absolute atomic E-state index is 11.4. The fourth-order valence-electron chi connectivity index (χ4n) is 4.53. The van der Waals surface area contributed by atoms with E-state index in [1.165, 1.54) is 30.8 Å². The number of nitrogens with one attached hydrogen (secondary N) is 1. The summed E-state index contributed by atoms with van der Waals surface area (Å²) in [7, 11) is 1.86. The number of aryl methyl sites for hydroxylation is 2. The number of pyridine rings is 1. The molecule has 0 saturated heterocycles. The smallest absolute Gasteiger partial charge is 0.306 e. The Bertz CT molecular complexity index is 1170. The third-order valence-electron chi connectivity index (χ3n) is 6.81. The minimum atomic E-state index is -0.741. The molecule has 2 atom stereocenters. The number of hydrogen-bond donors (Lipinski definition) is 2. The van der Waals surface area contributed by atoms with Crippen LogP contribution in [0.3, 0.4) is 0 Å². The maximum Gasteiger partial charge on any atom is 0.306 e. The van der Waals surface area contributed by atoms with Crippen LogP contribution >= 0.6 is 11.5 Å². The molecule has 34 heavy (non-hydrogen) atoms. The summed E-state index contributed by atoms with van der Waals surface area (Å²) >= 11 is 1.39. The van der Waals surface area contributed by atoms with E-state index >= 15 is 0 Å². The fourth-order valence-corrected chi connectivity index (χ4v) is 5.17. The van der Waals surface area contributed by atoms with Gasteiger partial charge in [0.15, 0.2) is 0 Å². The van der Waals surface area contributed by atoms with Crippen LogP contribution in [0.25, 0.3) is 11.4 Å². The molecule has 3 aromatic rings. The van der Waals surface area contributed by atoms with E-state index in [0.29, 0.717) is 42.4 Å². The van der Waals surface area contributed by atoms with E-state index in [2.05, 4.69) is 25.0 Å². The minimum Gasteiger partial charge on any atom is -0.489 e. The molecule has 0 aliphatic heterocycles. The summed E-state index contributed by atoms with van der Waals surface area (Å²) in [6, 6.07) is 3.77. The van der Waals surface area contributed by atoms with Crippen molar-refractivity contribution in [2.45, 2.75) is 70.4 Å². The molecule has 0 unspecified atom stereocenters. The number of carboxylic acids is 1. The third-order valence-corrected chi connectivity index (χ3v) is 7.50. The normalized spacial score (nSPS) is 20.6. The zero-order chi connectivity index (χ0) is 23.7. The molecule has 3 aromatic heterocycles. The highest BCUT2D eigenvalue weighted by atomic mass is 32.1. The van der Waals surface area contributed by atoms with Gasteiger partial charge in [-0.25, -0.2) is 14.6 Å². The monoisotopic (exact) mass is 483 g/mol. The first-order chi connectivity index (χ1) is 16.5. The van der Waals surface area contributed by atoms with Gasteiger partial charge < -0.3 is 15.2 Å². The first-order valence-corrected chi connectivity index (χ1v) is 12.6. The van der Waals surface area contributed by atoms with Gasteiger partial charge in [-0.3, -0.25) is 4.79 Å². The molecule has 5 rings (SSSR count). The van der Waals surface area contributed by atoms with Crippen LogP contribution < -0.4 is 10.1 Å². The molecule has 0 radical (unpaired) electrons. The molecule has 0 aromatic carbocycles. The second-order valence-corrected chi connectivity index (χ2v) is 9.92. The van der Waals surface area contributed by atoms with E-state index in [4.69, 9.17) is 9.72 Å². The summed E-state index contributed by atoms with van der Waals surface area (Å²) < 4.78 is 12.4. The van der Waals surface area contributed by atoms with Crippen molar-refractivity contribution in [1.82, 2.24) is 29.3 Å². The Hall–Kier alpha value is -3.08. The first-order valence-electron chi connectivity index (χ1n) is 11.8. The van der Waals surface area contributed by atoms with Gasteiger partial charge in [0.05, 0.1) is 35.6 Å². The second kappa shape index (κ2) is 9.65. The number of nitrogens with zero attached hydrogens (tertiary/aromatic N) is 6. The lowest BCUT2D eigenvalue weighted by molar-refractivity contribution is -0.143. The highest BCUT2D eigenvalue weighted by molar-refractivity contribution is 7.09. The lowest BCUT2D eigenvalue weighted by Gasteiger charge is -2.27. The third kappa shape index (κ3) is 4.75. The molecule has 2 aliphatic carbocycles. The van der Waals surface area contributed by atoms with Crippen molar-refractivity contribution >= 4 is 22.6 Å². The van der Waals surface area contributed by atoms with Gasteiger partial charge in [-0.2, -0.15) is 4.37 Å². The lowest BCUT2D eigenvalue weighted by atomic mass is 9.85. The van der Waals surface area contributed by atoms with Crippen LogP contribution in [-0.4, -0.2) is 46.5 Å². The van der Waals surface area contributed by atoms with Crippen molar-refractivity contribution in [2.24, 2.45) is 13.0 Å². The van der Waals surface area contributed by atoms with Gasteiger partial charge >= 0.3 is 5.97 Å². The standard InChI is InChI=1S/C23H29N7O3S/c1-13-19(33-16-8-4-7-15(11-16)22(31)32)10-9-17(25-13)20-18(30(2)29-27-20)12-24-23-26-21(28-34-23)14-5-3-6-14/h9-10,14-16H,3-8,11-12H2,1-2H3,(H,31,32)(H,24,26,28)/t15-,16-/m0/s1. The van der Waals surface area contributed by atoms with Crippen molar-refractivity contribution < 1.29 is 14.6 Å². The minimum absolute atomic E-state index is 0.103. The van der Waals surface area contributed by atoms with Crippen LogP contribution in [0.15, 0.2) is 12.1 Å². The van der Waals surface area contributed by atoms with Crippen LogP contribution in [0.1, 0.15) is 68.1 Å². The summed E-state index contributed by atoms with van der Waals surface area (Å²) in [5.74, 6) is 1.06. The predicted octanol–water partition coefficient (Wildman–Crippen LogP) is 3.94. The summed E-state index contributed by atoms with van der Waals surface area (Å²) in [6.07, 6.45) is 6.48. The number of rotatable bonds is 8. The Kier molecular flexibility index (Phi) is 6.44. The Morgan fingerprint density at radius 2 is 2.06 bits per heavy atom. The molecule has 0 bridgehead atoms. The fraction of sp³-hybridized carbons (Fsp3) is 0.565. The zero-order valence-electron chi connectivity index (χ0n) is 19.4. The van der Waals surface area contributed by atoms with Crippen molar-refractivity contribution in [3.05, 3.63) is 29.3 Å². The summed E-state index contributed by atoms with van der Waals surface area (Å²) in [4.78, 5) is 20.7. The van der Waals surface area contributed by atoms with Crippen LogP contribution in [0, 0.1) is 12.8 Å². The second-order valence-electron chi connectivity index (χ2n) is 9.17. The van der Waals surface area contributed by atoms with Crippen LogP contribution in [-0.2, 0) is 18.4 Å². The van der Waals surface area contributed by atoms with Gasteiger partial charge in [-0.15, -0.1) is 5.10 Å². The molecule has 2 fully saturated rings. The highest BCUT2D eigenvalue weighted by Gasteiger charge is 2.29. The first kappa shape index (κ1) is 22.7. The van der Waals surface area contributed by atoms with E-state index in [1.54, 1.807) is 4.68 Å². The molecule has 11 heteroatoms. The number of carboxylic acid groups (broad SMARTS) is 1. The van der Waals surface area contributed by atoms with E-state index in [0.717, 1.165) is 35.2 Å². The zero-order valence-corrected chi connectivity index (χ0v) is 20.2. The lowest BCUT2D eigenvalue weighted by Crippen LogP contribution is -2.29. The van der Waals surface area contributed by atoms with Gasteiger partial charge in [0.2, 0.25) is 5.13 Å². The Morgan fingerprint density at radius 3 is 2.79 bits per heavy atom. The molecule has 2 saturated carbocycles. The molecular formula is C23H29N7O3S. The van der Waals surface area contributed by atoms with Crippen molar-refractivity contribution in [3.8, 4) is 17.1 Å². The van der Waals surface area contributed by atoms with Gasteiger partial charge in [-0.1, -0.05) is 11.6 Å². The van der Waals surface area contributed by atoms with Gasteiger partial charge in [0.1, 0.15) is 17.3 Å². The molecule has 10 nitrogen and oxygen atoms in total. The summed E-state index contributed by atoms with van der Waals surface area (Å²) in [5.41, 5.74) is 3.07. The highest BCUT2D eigenvalue weighted by Crippen LogP contribution is 2.36. The molecule has 0 spiro atoms. The Morgan fingerprint density at radius 1 is 1.24 bits per heavy atom. The number of carbonyl (C=O) groups is 1. The largest absolute Gasteiger partial charge is 0.489 e. The predicted molar refractivity (Wildman–Crippen MR) is 127 cm³/mol. The number of ether oxygens (including phenoxy) is 1. The van der Waals surface area contributed by atoms with Crippen LogP contribution in [0.4, 0.5) is 5.13 Å². The van der Waals surface area contributed by atoms with Crippen molar-refractivity contribution in [3.63, 3.8) is 0 Å². The maximum atomic E-state index is 11.4. The van der Waals surface area contributed by atoms with E-state index in [1.807, 2.05) is 26.1 Å². The van der Waals surface area contributed by atoms with E-state index < -0.39 is 5.97 Å². The van der Waals surface area contributed by atoms with Gasteiger partial charge in [0, 0.05) is 24.5 Å². The quantitative estimate of drug-likeness (QED) is 0.489. The van der Waals surface area contributed by atoms with E-state index in [9.17, 15) is 9.90 Å². The van der Waals surface area contributed by atoms with Crippen molar-refractivity contribution in [2.75, 3.05) is 5.32 Å². The molecule has 2 aliphatic rings. The Labute approximate surface area is 201 Å². The van der Waals surface area contributed by atoms with E-state index in [-0.39, 0.29) is 12.0 Å². The number of anilines is 1. The van der Waals surface area contributed by atoms with Gasteiger partial charge in [0.25, 0.3) is 0 Å². The molecule has 2 N–H and O–H groups in total. The van der Waals surface area contributed by atoms with Crippen LogP contribution in [0.5, 0.6) is 5.75 Å². The molecule has 3 heterocycles. The topological polar surface area (TPSA) is 128 Å². The number of aromatic nitrogens is 6.